The molecule has 0 bridgehead atoms. The van der Waals surface area contributed by atoms with Gasteiger partial charge in [-0.25, -0.2) is 0 Å². The van der Waals surface area contributed by atoms with Gasteiger partial charge in [0.1, 0.15) is 0 Å². The van der Waals surface area contributed by atoms with Gasteiger partial charge in [0, 0.05) is 31.0 Å². The molecule has 19 heavy (non-hydrogen) atoms. The van der Waals surface area contributed by atoms with Crippen LogP contribution in [0.5, 0.6) is 0 Å². The maximum atomic E-state index is 11.9. The van der Waals surface area contributed by atoms with Crippen LogP contribution in [-0.4, -0.2) is 31.2 Å². The predicted molar refractivity (Wildman–Crippen MR) is 80.5 cm³/mol. The molecule has 3 unspecified atom stereocenters. The summed E-state index contributed by atoms with van der Waals surface area (Å²) in [4.78, 5) is 11.9. The van der Waals surface area contributed by atoms with E-state index in [9.17, 15) is 4.79 Å². The van der Waals surface area contributed by atoms with Crippen molar-refractivity contribution >= 4 is 18.3 Å². The summed E-state index contributed by atoms with van der Waals surface area (Å²) in [5.41, 5.74) is 5.79. The lowest BCUT2D eigenvalue weighted by Crippen LogP contribution is -2.64. The highest BCUT2D eigenvalue weighted by molar-refractivity contribution is 5.85. The van der Waals surface area contributed by atoms with Gasteiger partial charge < -0.3 is 15.8 Å². The molecule has 0 radical (unpaired) electrons. The number of methoxy groups -OCH3 is 1. The highest BCUT2D eigenvalue weighted by Crippen LogP contribution is 2.48. The Balaban J connectivity index is 0.00000324. The molecular weight excluding hydrogens is 264 g/mol. The van der Waals surface area contributed by atoms with Gasteiger partial charge in [0.15, 0.2) is 0 Å². The number of amides is 1. The van der Waals surface area contributed by atoms with Gasteiger partial charge in [0.2, 0.25) is 5.91 Å². The molecule has 0 heterocycles. The number of carbonyl (C=O) groups is 1. The molecule has 0 aromatic carbocycles. The quantitative estimate of drug-likeness (QED) is 0.756. The number of hydrogen-bond donors (Lipinski definition) is 2. The van der Waals surface area contributed by atoms with Crippen LogP contribution in [0.1, 0.15) is 52.9 Å². The molecule has 0 spiro atoms. The van der Waals surface area contributed by atoms with Crippen LogP contribution >= 0.6 is 12.4 Å². The first-order valence-corrected chi connectivity index (χ1v) is 7.07. The summed E-state index contributed by atoms with van der Waals surface area (Å²) in [6.45, 7) is 6.28. The highest BCUT2D eigenvalue weighted by atomic mass is 35.5. The molecule has 4 nitrogen and oxygen atoms in total. The summed E-state index contributed by atoms with van der Waals surface area (Å²) in [6, 6.07) is 0.351. The molecule has 5 heteroatoms. The van der Waals surface area contributed by atoms with Crippen molar-refractivity contribution in [3.63, 3.8) is 0 Å². The van der Waals surface area contributed by atoms with Gasteiger partial charge in [-0.05, 0) is 32.6 Å². The van der Waals surface area contributed by atoms with E-state index in [2.05, 4.69) is 19.2 Å². The van der Waals surface area contributed by atoms with Crippen molar-refractivity contribution < 1.29 is 9.53 Å². The maximum Gasteiger partial charge on any atom is 0.220 e. The van der Waals surface area contributed by atoms with E-state index in [4.69, 9.17) is 10.5 Å². The Morgan fingerprint density at radius 2 is 2.05 bits per heavy atom. The second-order valence-corrected chi connectivity index (χ2v) is 5.54. The topological polar surface area (TPSA) is 64.4 Å². The lowest BCUT2D eigenvalue weighted by atomic mass is 9.58. The standard InChI is InChI=1S/C14H28N2O2.ClH/c1-5-14(6-2)11(9-12(14)18-4)16-13(17)8-7-10(3)15;/h10-12H,5-9,15H2,1-4H3,(H,16,17);1H. The van der Waals surface area contributed by atoms with Crippen LogP contribution in [0, 0.1) is 5.41 Å². The van der Waals surface area contributed by atoms with E-state index in [1.54, 1.807) is 7.11 Å². The average Bonchev–Trinajstić information content (AvgIpc) is 2.33. The van der Waals surface area contributed by atoms with Crippen LogP contribution in [0.4, 0.5) is 0 Å². The minimum atomic E-state index is 0. The van der Waals surface area contributed by atoms with Gasteiger partial charge in [-0.15, -0.1) is 12.4 Å². The molecule has 1 saturated carbocycles. The SMILES string of the molecule is CCC1(CC)C(NC(=O)CCC(C)N)CC1OC.Cl. The first-order chi connectivity index (χ1) is 8.50. The normalized spacial score (nSPS) is 25.9. The summed E-state index contributed by atoms with van der Waals surface area (Å²) in [5.74, 6) is 0.123. The molecule has 1 aliphatic rings. The zero-order valence-electron chi connectivity index (χ0n) is 12.6. The zero-order chi connectivity index (χ0) is 13.8. The maximum absolute atomic E-state index is 11.9. The summed E-state index contributed by atoms with van der Waals surface area (Å²) < 4.78 is 5.52. The first kappa shape index (κ1) is 18.7. The van der Waals surface area contributed by atoms with Crippen molar-refractivity contribution in [1.82, 2.24) is 5.32 Å². The fourth-order valence-corrected chi connectivity index (χ4v) is 3.10. The molecule has 0 aromatic rings. The smallest absolute Gasteiger partial charge is 0.220 e. The number of hydrogen-bond acceptors (Lipinski definition) is 3. The van der Waals surface area contributed by atoms with Crippen molar-refractivity contribution in [3.8, 4) is 0 Å². The summed E-state index contributed by atoms with van der Waals surface area (Å²) in [5, 5.41) is 3.15. The third-order valence-corrected chi connectivity index (χ3v) is 4.55. The number of ether oxygens (including phenoxy) is 1. The first-order valence-electron chi connectivity index (χ1n) is 7.07. The monoisotopic (exact) mass is 292 g/mol. The molecule has 1 fully saturated rings. The second-order valence-electron chi connectivity index (χ2n) is 5.54. The number of halogens is 1. The van der Waals surface area contributed by atoms with Crippen LogP contribution in [0.25, 0.3) is 0 Å². The van der Waals surface area contributed by atoms with E-state index in [1.165, 1.54) is 0 Å². The van der Waals surface area contributed by atoms with Crippen LogP contribution in [-0.2, 0) is 9.53 Å². The zero-order valence-corrected chi connectivity index (χ0v) is 13.4. The molecule has 1 aliphatic carbocycles. The van der Waals surface area contributed by atoms with E-state index in [0.29, 0.717) is 6.42 Å². The van der Waals surface area contributed by atoms with Crippen LogP contribution in [0.2, 0.25) is 0 Å². The van der Waals surface area contributed by atoms with Gasteiger partial charge in [-0.1, -0.05) is 13.8 Å². The van der Waals surface area contributed by atoms with Gasteiger partial charge in [0.05, 0.1) is 6.10 Å². The number of rotatable bonds is 7. The van der Waals surface area contributed by atoms with E-state index in [0.717, 1.165) is 25.7 Å². The molecule has 3 N–H and O–H groups in total. The molecule has 1 rings (SSSR count). The minimum absolute atomic E-state index is 0. The largest absolute Gasteiger partial charge is 0.381 e. The van der Waals surface area contributed by atoms with Crippen molar-refractivity contribution in [2.24, 2.45) is 11.1 Å². The Morgan fingerprint density at radius 1 is 1.47 bits per heavy atom. The van der Waals surface area contributed by atoms with Gasteiger partial charge in [-0.3, -0.25) is 4.79 Å². The van der Waals surface area contributed by atoms with E-state index in [-0.39, 0.29) is 41.9 Å². The van der Waals surface area contributed by atoms with Crippen LogP contribution in [0.15, 0.2) is 0 Å². The molecular formula is C14H29ClN2O2. The molecule has 0 aliphatic heterocycles. The number of nitrogens with one attached hydrogen (secondary N) is 1. The number of nitrogens with two attached hydrogens (primary N) is 1. The predicted octanol–water partition coefficient (Wildman–Crippen LogP) is 2.25. The van der Waals surface area contributed by atoms with E-state index < -0.39 is 0 Å². The van der Waals surface area contributed by atoms with Crippen LogP contribution < -0.4 is 11.1 Å². The van der Waals surface area contributed by atoms with Crippen molar-refractivity contribution in [2.45, 2.75) is 71.1 Å². The molecule has 0 aromatic heterocycles. The van der Waals surface area contributed by atoms with Gasteiger partial charge in [0.25, 0.3) is 0 Å². The third-order valence-electron chi connectivity index (χ3n) is 4.55. The Hall–Kier alpha value is -0.320. The Morgan fingerprint density at radius 3 is 2.47 bits per heavy atom. The Bertz CT molecular complexity index is 281. The molecule has 114 valence electrons. The minimum Gasteiger partial charge on any atom is -0.381 e. The van der Waals surface area contributed by atoms with Crippen molar-refractivity contribution in [2.75, 3.05) is 7.11 Å². The lowest BCUT2D eigenvalue weighted by Gasteiger charge is -2.55. The Labute approximate surface area is 123 Å². The molecule has 1 amide bonds. The van der Waals surface area contributed by atoms with Crippen LogP contribution in [0.3, 0.4) is 0 Å². The summed E-state index contributed by atoms with van der Waals surface area (Å²) in [7, 11) is 1.76. The summed E-state index contributed by atoms with van der Waals surface area (Å²) in [6.07, 6.45) is 4.57. The Kier molecular flexibility index (Phi) is 7.94. The van der Waals surface area contributed by atoms with Gasteiger partial charge >= 0.3 is 0 Å². The fourth-order valence-electron chi connectivity index (χ4n) is 3.10. The van der Waals surface area contributed by atoms with E-state index in [1.807, 2.05) is 6.92 Å². The van der Waals surface area contributed by atoms with Crippen molar-refractivity contribution in [3.05, 3.63) is 0 Å². The lowest BCUT2D eigenvalue weighted by molar-refractivity contribution is -0.141. The average molecular weight is 293 g/mol. The summed E-state index contributed by atoms with van der Waals surface area (Å²) >= 11 is 0. The second kappa shape index (κ2) is 8.08. The fraction of sp³-hybridized carbons (Fsp3) is 0.929. The highest BCUT2D eigenvalue weighted by Gasteiger charge is 2.53. The molecule has 3 atom stereocenters. The van der Waals surface area contributed by atoms with Gasteiger partial charge in [-0.2, -0.15) is 0 Å². The van der Waals surface area contributed by atoms with Crippen molar-refractivity contribution in [1.29, 1.82) is 0 Å². The van der Waals surface area contributed by atoms with E-state index >= 15 is 0 Å². The number of carbonyl (C=O) groups excluding carboxylic acids is 1. The third kappa shape index (κ3) is 4.07. The molecule has 0 saturated heterocycles.